The van der Waals surface area contributed by atoms with Gasteiger partial charge in [-0.25, -0.2) is 13.9 Å². The van der Waals surface area contributed by atoms with Crippen molar-refractivity contribution in [3.05, 3.63) is 59.7 Å². The first-order chi connectivity index (χ1) is 51.9. The summed E-state index contributed by atoms with van der Waals surface area (Å²) in [5.41, 5.74) is 3.95. The number of carbonyl (C=O) groups excluding carboxylic acids is 11. The first-order valence-electron chi connectivity index (χ1n) is 38.5. The summed E-state index contributed by atoms with van der Waals surface area (Å²) in [6.07, 6.45) is 4.14. The van der Waals surface area contributed by atoms with Crippen LogP contribution in [0.3, 0.4) is 0 Å². The van der Waals surface area contributed by atoms with E-state index in [1.54, 1.807) is 84.1 Å². The number of ether oxygens (including phenoxy) is 4. The molecule has 622 valence electrons. The predicted octanol–water partition coefficient (Wildman–Crippen LogP) is 7.36. The Bertz CT molecular complexity index is 3550. The van der Waals surface area contributed by atoms with Crippen LogP contribution in [0.2, 0.25) is 0 Å². The van der Waals surface area contributed by atoms with Gasteiger partial charge in [0.05, 0.1) is 79.9 Å². The van der Waals surface area contributed by atoms with E-state index in [1.165, 1.54) is 21.3 Å². The number of anilines is 1. The lowest BCUT2D eigenvalue weighted by Crippen LogP contribution is -2.55. The fourth-order valence-electron chi connectivity index (χ4n) is 14.8. The van der Waals surface area contributed by atoms with E-state index >= 15 is 0 Å². The molecular formula is C80H124N8O22S. The number of amides is 7. The highest BCUT2D eigenvalue weighted by atomic mass is 32.2. The molecule has 4 aliphatic rings. The lowest BCUT2D eigenvalue weighted by atomic mass is 9.79. The molecule has 2 saturated carbocycles. The van der Waals surface area contributed by atoms with E-state index in [9.17, 15) is 75.9 Å². The van der Waals surface area contributed by atoms with E-state index in [0.29, 0.717) is 107 Å². The molecule has 2 heterocycles. The molecule has 2 aromatic rings. The van der Waals surface area contributed by atoms with Crippen molar-refractivity contribution in [1.29, 1.82) is 0 Å². The van der Waals surface area contributed by atoms with Crippen LogP contribution in [0.4, 0.5) is 5.69 Å². The minimum Gasteiger partial charge on any atom is -0.484 e. The summed E-state index contributed by atoms with van der Waals surface area (Å²) in [6, 6.07) is 10.1. The van der Waals surface area contributed by atoms with Gasteiger partial charge < -0.3 is 54.5 Å². The summed E-state index contributed by atoms with van der Waals surface area (Å²) in [7, 11) is 5.74. The number of sulfonamides is 1. The number of hydrogen-bond donors (Lipinski definition) is 6. The number of rotatable bonds is 43. The van der Waals surface area contributed by atoms with Crippen molar-refractivity contribution in [2.75, 3.05) is 74.0 Å². The van der Waals surface area contributed by atoms with E-state index < -0.39 is 106 Å². The van der Waals surface area contributed by atoms with Crippen molar-refractivity contribution in [1.82, 2.24) is 35.1 Å². The number of carbonyl (C=O) groups is 13. The number of carboxylic acids is 2. The van der Waals surface area contributed by atoms with Crippen molar-refractivity contribution in [3.8, 4) is 5.75 Å². The SMILES string of the molecule is C.CC[C@H](C)[C@@H]([C@@H](CC(=O)N1CCC[C@H]1[C@H](OC)[C@@H](C)C(=O)N[C@@H](Cc1ccc(OCC(=O)NOCc2ccc(NC(=O)[C@H](C)CC(=O)CCC(=O)N3CCC(C(=O)O)CC3)cc2)cc1)C(=O)NS(=O)(=O)C1CC1)OC)N(C)C(=O)[C@@H](CC(=O)[C@H](C(C)C)N(C)C)C(C)C.COC(=O)C1CCC(C(=O)CCC(=O)O)CC1. The Hall–Kier alpha value is -8.26. The molecule has 30 nitrogen and oxygen atoms in total. The van der Waals surface area contributed by atoms with Gasteiger partial charge in [-0.2, -0.15) is 0 Å². The van der Waals surface area contributed by atoms with Gasteiger partial charge in [-0.15, -0.1) is 0 Å². The third-order valence-electron chi connectivity index (χ3n) is 21.6. The van der Waals surface area contributed by atoms with Crippen molar-refractivity contribution in [2.45, 2.75) is 233 Å². The number of likely N-dealkylation sites (tertiary alicyclic amines) is 2. The summed E-state index contributed by atoms with van der Waals surface area (Å²) < 4.78 is 50.7. The monoisotopic (exact) mass is 1580 g/mol. The molecule has 0 radical (unpaired) electrons. The maximum Gasteiger partial charge on any atom is 0.308 e. The van der Waals surface area contributed by atoms with Crippen LogP contribution in [0, 0.1) is 53.3 Å². The van der Waals surface area contributed by atoms with Crippen LogP contribution in [-0.2, 0) is 104 Å². The van der Waals surface area contributed by atoms with Crippen molar-refractivity contribution in [2.24, 2.45) is 53.3 Å². The number of esters is 1. The molecule has 6 N–H and O–H groups in total. The number of hydroxylamine groups is 1. The van der Waals surface area contributed by atoms with Crippen LogP contribution >= 0.6 is 0 Å². The van der Waals surface area contributed by atoms with Crippen LogP contribution in [-0.4, -0.2) is 225 Å². The van der Waals surface area contributed by atoms with E-state index in [0.717, 1.165) is 0 Å². The average Bonchev–Trinajstić information content (AvgIpc) is 1.69. The Kier molecular flexibility index (Phi) is 39.5. The molecule has 10 atom stereocenters. The molecule has 0 unspecified atom stereocenters. The number of methoxy groups -OCH3 is 3. The summed E-state index contributed by atoms with van der Waals surface area (Å²) >= 11 is 0. The average molecular weight is 1580 g/mol. The van der Waals surface area contributed by atoms with E-state index in [2.05, 4.69) is 25.6 Å². The van der Waals surface area contributed by atoms with Gasteiger partial charge in [0.15, 0.2) is 12.4 Å². The van der Waals surface area contributed by atoms with Crippen molar-refractivity contribution >= 4 is 92.3 Å². The van der Waals surface area contributed by atoms with Crippen molar-refractivity contribution < 1.29 is 105 Å². The Morgan fingerprint density at radius 2 is 1.26 bits per heavy atom. The highest BCUT2D eigenvalue weighted by molar-refractivity contribution is 7.91. The number of piperidine rings is 1. The minimum absolute atomic E-state index is 0. The Balaban J connectivity index is 0.00000127. The number of likely N-dealkylation sites (N-methyl/N-ethyl adjacent to an activating group) is 2. The van der Waals surface area contributed by atoms with Gasteiger partial charge in [-0.3, -0.25) is 76.8 Å². The second kappa shape index (κ2) is 46.0. The summed E-state index contributed by atoms with van der Waals surface area (Å²) in [6.45, 7) is 15.7. The lowest BCUT2D eigenvalue weighted by Gasteiger charge is -2.41. The van der Waals surface area contributed by atoms with Gasteiger partial charge in [0.2, 0.25) is 39.6 Å². The van der Waals surface area contributed by atoms with Gasteiger partial charge in [-0.1, -0.05) is 93.5 Å². The van der Waals surface area contributed by atoms with Crippen LogP contribution in [0.1, 0.15) is 190 Å². The van der Waals surface area contributed by atoms with Gasteiger partial charge in [0.25, 0.3) is 11.8 Å². The predicted molar refractivity (Wildman–Crippen MR) is 413 cm³/mol. The standard InChI is InChI=1S/C67H102N8O17S.C12H18O5.CH4/c1-14-42(6)61(73(11)66(84)52(40(2)3)36-55(77)60(41(4)5)72(9)10)56(89-12)37-59(80)75-31-15-16-54(75)62(90-13)44(8)64(82)69-53(65(83)71-93(87,88)51-26-27-51)35-45-19-24-50(25-20-45)91-39-57(78)70-92-38-46-17-21-48(22-18-46)68-63(81)43(7)34-49(76)23-28-58(79)74-32-29-47(30-33-74)67(85)86;1-17-12(16)9-4-2-8(3-5-9)10(13)6-7-11(14)15;/h17-22,24-25,40-44,47,51-54,56,60-62H,14-16,23,26-39H2,1-13H3,(H,68,81)(H,69,82)(H,70,78)(H,71,83)(H,85,86);8-9H,2-7H2,1H3,(H,14,15);1H4/t42-,43+,44+,52-,53-,54-,56+,60-,61-,62+;;/m0../s1. The zero-order valence-corrected chi connectivity index (χ0v) is 67.4. The minimum atomic E-state index is -4.03. The number of nitrogens with one attached hydrogen (secondary N) is 4. The summed E-state index contributed by atoms with van der Waals surface area (Å²) in [5.74, 6) is -8.27. The van der Waals surface area contributed by atoms with Crippen LogP contribution < -0.4 is 25.6 Å². The van der Waals surface area contributed by atoms with E-state index in [-0.39, 0.29) is 154 Å². The smallest absolute Gasteiger partial charge is 0.308 e. The number of hydrogen-bond acceptors (Lipinski definition) is 21. The topological polar surface area (TPSA) is 404 Å². The van der Waals surface area contributed by atoms with Crippen LogP contribution in [0.15, 0.2) is 48.5 Å². The maximum atomic E-state index is 14.6. The first kappa shape index (κ1) is 95.1. The highest BCUT2D eigenvalue weighted by Gasteiger charge is 2.45. The second-order valence-corrected chi connectivity index (χ2v) is 32.7. The Labute approximate surface area is 655 Å². The number of aliphatic carboxylic acids is 2. The molecule has 4 fully saturated rings. The number of carboxylic acid groups (broad SMARTS) is 2. The summed E-state index contributed by atoms with van der Waals surface area (Å²) in [5, 5.41) is 22.5. The molecule has 0 bridgehead atoms. The third-order valence-corrected chi connectivity index (χ3v) is 23.5. The van der Waals surface area contributed by atoms with Gasteiger partial charge in [-0.05, 0) is 131 Å². The Morgan fingerprint density at radius 3 is 1.80 bits per heavy atom. The van der Waals surface area contributed by atoms with E-state index in [1.807, 2.05) is 60.5 Å². The zero-order chi connectivity index (χ0) is 81.9. The van der Waals surface area contributed by atoms with Crippen LogP contribution in [0.5, 0.6) is 5.75 Å². The highest BCUT2D eigenvalue weighted by Crippen LogP contribution is 2.34. The number of ketones is 3. The van der Waals surface area contributed by atoms with Gasteiger partial charge >= 0.3 is 17.9 Å². The molecule has 2 aliphatic carbocycles. The molecular weight excluding hydrogens is 1460 g/mol. The number of Topliss-reactive ketones (excluding diaryl/α,β-unsaturated/α-hetero) is 3. The van der Waals surface area contributed by atoms with E-state index in [4.69, 9.17) is 24.2 Å². The molecule has 2 aromatic carbocycles. The zero-order valence-electron chi connectivity index (χ0n) is 66.6. The normalized spacial score (nSPS) is 19.0. The van der Waals surface area contributed by atoms with Crippen molar-refractivity contribution in [3.63, 3.8) is 0 Å². The van der Waals surface area contributed by atoms with Crippen LogP contribution in [0.25, 0.3) is 0 Å². The molecule has 6 rings (SSSR count). The molecule has 2 aliphatic heterocycles. The molecule has 111 heavy (non-hydrogen) atoms. The summed E-state index contributed by atoms with van der Waals surface area (Å²) in [4.78, 5) is 179. The maximum absolute atomic E-state index is 14.6. The number of benzene rings is 2. The van der Waals surface area contributed by atoms with Gasteiger partial charge in [0.1, 0.15) is 23.4 Å². The third kappa shape index (κ3) is 29.7. The lowest BCUT2D eigenvalue weighted by molar-refractivity contribution is -0.149. The molecule has 0 aromatic heterocycles. The fourth-order valence-corrected chi connectivity index (χ4v) is 16.2. The quantitative estimate of drug-likeness (QED) is 0.0279. The second-order valence-electron chi connectivity index (χ2n) is 30.7. The largest absolute Gasteiger partial charge is 0.484 e. The molecule has 31 heteroatoms. The first-order valence-corrected chi connectivity index (χ1v) is 40.0. The van der Waals surface area contributed by atoms with Gasteiger partial charge in [0, 0.05) is 103 Å². The fraction of sp³-hybridized carbons (Fsp3) is 0.688. The molecule has 2 saturated heterocycles. The number of nitrogens with zero attached hydrogens (tertiary/aromatic N) is 4. The molecule has 0 spiro atoms. The molecule has 7 amide bonds. The Morgan fingerprint density at radius 1 is 0.649 bits per heavy atom.